The van der Waals surface area contributed by atoms with Gasteiger partial charge < -0.3 is 11.1 Å². The Bertz CT molecular complexity index is 401. The average Bonchev–Trinajstić information content (AvgIpc) is 2.15. The number of carbonyl (C=O) groups excluding carboxylic acids is 1. The zero-order valence-corrected chi connectivity index (χ0v) is 11.7. The molecule has 1 unspecified atom stereocenters. The van der Waals surface area contributed by atoms with Gasteiger partial charge >= 0.3 is 0 Å². The second-order valence-electron chi connectivity index (χ2n) is 4.64. The summed E-state index contributed by atoms with van der Waals surface area (Å²) in [6.07, 6.45) is 1.41. The Balaban J connectivity index is 0.00000289. The lowest BCUT2D eigenvalue weighted by Gasteiger charge is -2.22. The van der Waals surface area contributed by atoms with E-state index in [9.17, 15) is 9.18 Å². The van der Waals surface area contributed by atoms with Crippen LogP contribution in [0, 0.1) is 12.7 Å². The van der Waals surface area contributed by atoms with Gasteiger partial charge in [-0.2, -0.15) is 0 Å². The Labute approximate surface area is 113 Å². The predicted molar refractivity (Wildman–Crippen MR) is 74.5 cm³/mol. The van der Waals surface area contributed by atoms with E-state index in [2.05, 4.69) is 5.32 Å². The molecule has 1 rings (SSSR count). The molecular weight excluding hydrogens is 255 g/mol. The number of halogens is 2. The number of amides is 1. The highest BCUT2D eigenvalue weighted by molar-refractivity contribution is 5.97. The van der Waals surface area contributed by atoms with Gasteiger partial charge in [-0.1, -0.05) is 13.3 Å². The lowest BCUT2D eigenvalue weighted by atomic mass is 9.96. The number of hydrogen-bond acceptors (Lipinski definition) is 2. The summed E-state index contributed by atoms with van der Waals surface area (Å²) in [4.78, 5) is 11.9. The normalized spacial score (nSPS) is 13.4. The van der Waals surface area contributed by atoms with Crippen LogP contribution in [0.3, 0.4) is 0 Å². The van der Waals surface area contributed by atoms with E-state index in [1.165, 1.54) is 12.1 Å². The van der Waals surface area contributed by atoms with Gasteiger partial charge in [0, 0.05) is 5.69 Å². The number of aryl methyl sites for hydroxylation is 1. The maximum absolute atomic E-state index is 13.1. The van der Waals surface area contributed by atoms with Crippen molar-refractivity contribution in [3.05, 3.63) is 29.6 Å². The summed E-state index contributed by atoms with van der Waals surface area (Å²) in [5.74, 6) is -0.654. The third-order valence-corrected chi connectivity index (χ3v) is 2.59. The smallest absolute Gasteiger partial charge is 0.244 e. The van der Waals surface area contributed by atoms with Gasteiger partial charge in [0.25, 0.3) is 0 Å². The van der Waals surface area contributed by atoms with E-state index in [0.29, 0.717) is 12.1 Å². The maximum Gasteiger partial charge on any atom is 0.244 e. The van der Waals surface area contributed by atoms with Gasteiger partial charge in [0.15, 0.2) is 0 Å². The van der Waals surface area contributed by atoms with E-state index < -0.39 is 5.54 Å². The minimum absolute atomic E-state index is 0. The van der Waals surface area contributed by atoms with Crippen LogP contribution in [0.25, 0.3) is 0 Å². The molecule has 1 atom stereocenters. The largest absolute Gasteiger partial charge is 0.324 e. The Morgan fingerprint density at radius 2 is 2.06 bits per heavy atom. The van der Waals surface area contributed by atoms with Crippen molar-refractivity contribution in [2.24, 2.45) is 5.73 Å². The van der Waals surface area contributed by atoms with E-state index in [1.807, 2.05) is 6.92 Å². The molecule has 3 N–H and O–H groups in total. The summed E-state index contributed by atoms with van der Waals surface area (Å²) in [6, 6.07) is 4.40. The Kier molecular flexibility index (Phi) is 6.29. The zero-order valence-electron chi connectivity index (χ0n) is 10.9. The highest BCUT2D eigenvalue weighted by Crippen LogP contribution is 2.16. The number of hydrogen-bond donors (Lipinski definition) is 2. The molecule has 3 nitrogen and oxygen atoms in total. The van der Waals surface area contributed by atoms with Crippen LogP contribution in [0.4, 0.5) is 10.1 Å². The van der Waals surface area contributed by atoms with E-state index in [1.54, 1.807) is 19.9 Å². The van der Waals surface area contributed by atoms with Crippen LogP contribution in [0.5, 0.6) is 0 Å². The first-order valence-electron chi connectivity index (χ1n) is 5.72. The van der Waals surface area contributed by atoms with Gasteiger partial charge in [-0.25, -0.2) is 4.39 Å². The monoisotopic (exact) mass is 274 g/mol. The average molecular weight is 275 g/mol. The van der Waals surface area contributed by atoms with Crippen LogP contribution in [-0.4, -0.2) is 11.4 Å². The molecule has 0 aliphatic heterocycles. The fraction of sp³-hybridized carbons (Fsp3) is 0.462. The van der Waals surface area contributed by atoms with E-state index in [4.69, 9.17) is 5.73 Å². The molecule has 1 amide bonds. The number of rotatable bonds is 4. The lowest BCUT2D eigenvalue weighted by Crippen LogP contribution is -2.48. The minimum atomic E-state index is -0.922. The van der Waals surface area contributed by atoms with Crippen molar-refractivity contribution < 1.29 is 9.18 Å². The first-order valence-corrected chi connectivity index (χ1v) is 5.72. The molecule has 0 fully saturated rings. The van der Waals surface area contributed by atoms with Gasteiger partial charge in [0.2, 0.25) is 5.91 Å². The van der Waals surface area contributed by atoms with Crippen molar-refractivity contribution in [1.29, 1.82) is 0 Å². The van der Waals surface area contributed by atoms with Gasteiger partial charge in [-0.3, -0.25) is 4.79 Å². The van der Waals surface area contributed by atoms with E-state index in [0.717, 1.165) is 12.0 Å². The number of nitrogens with one attached hydrogen (secondary N) is 1. The van der Waals surface area contributed by atoms with Crippen LogP contribution in [0.1, 0.15) is 32.3 Å². The molecule has 1 aromatic carbocycles. The number of carbonyl (C=O) groups is 1. The summed E-state index contributed by atoms with van der Waals surface area (Å²) in [5.41, 5.74) is 6.17. The second-order valence-corrected chi connectivity index (χ2v) is 4.64. The molecule has 0 saturated heterocycles. The molecule has 0 aliphatic rings. The third kappa shape index (κ3) is 4.63. The summed E-state index contributed by atoms with van der Waals surface area (Å²) in [5, 5.41) is 2.64. The first-order chi connectivity index (χ1) is 7.85. The Hall–Kier alpha value is -1.13. The van der Waals surface area contributed by atoms with Crippen molar-refractivity contribution in [2.45, 2.75) is 39.2 Å². The fourth-order valence-electron chi connectivity index (χ4n) is 1.72. The molecule has 102 valence electrons. The molecule has 0 radical (unpaired) electrons. The van der Waals surface area contributed by atoms with Crippen LogP contribution in [0.15, 0.2) is 18.2 Å². The van der Waals surface area contributed by atoms with Crippen LogP contribution in [0.2, 0.25) is 0 Å². The molecule has 0 aliphatic carbocycles. The third-order valence-electron chi connectivity index (χ3n) is 2.59. The molecule has 0 bridgehead atoms. The van der Waals surface area contributed by atoms with Gasteiger partial charge in [-0.05, 0) is 44.0 Å². The summed E-state index contributed by atoms with van der Waals surface area (Å²) in [7, 11) is 0. The standard InChI is InChI=1S/C13H19FN2O.ClH/c1-4-5-13(3,15)12(17)16-11-7-9(2)6-10(14)8-11;/h6-8H,4-5,15H2,1-3H3,(H,16,17);1H. The fourth-order valence-corrected chi connectivity index (χ4v) is 1.72. The Morgan fingerprint density at radius 1 is 1.44 bits per heavy atom. The molecule has 0 spiro atoms. The summed E-state index contributed by atoms with van der Waals surface area (Å²) >= 11 is 0. The van der Waals surface area contributed by atoms with Gasteiger partial charge in [0.05, 0.1) is 5.54 Å². The van der Waals surface area contributed by atoms with Gasteiger partial charge in [0.1, 0.15) is 5.82 Å². The topological polar surface area (TPSA) is 55.1 Å². The zero-order chi connectivity index (χ0) is 13.1. The molecular formula is C13H20ClFN2O. The maximum atomic E-state index is 13.1. The van der Waals surface area contributed by atoms with Crippen LogP contribution >= 0.6 is 12.4 Å². The minimum Gasteiger partial charge on any atom is -0.324 e. The number of benzene rings is 1. The van der Waals surface area contributed by atoms with E-state index in [-0.39, 0.29) is 24.1 Å². The Morgan fingerprint density at radius 3 is 2.56 bits per heavy atom. The highest BCUT2D eigenvalue weighted by Gasteiger charge is 2.27. The van der Waals surface area contributed by atoms with Crippen molar-refractivity contribution in [3.8, 4) is 0 Å². The van der Waals surface area contributed by atoms with Crippen LogP contribution in [-0.2, 0) is 4.79 Å². The molecule has 0 aromatic heterocycles. The van der Waals surface area contributed by atoms with E-state index >= 15 is 0 Å². The van der Waals surface area contributed by atoms with Gasteiger partial charge in [-0.15, -0.1) is 12.4 Å². The summed E-state index contributed by atoms with van der Waals surface area (Å²) in [6.45, 7) is 5.41. The quantitative estimate of drug-likeness (QED) is 0.887. The van der Waals surface area contributed by atoms with Crippen molar-refractivity contribution in [3.63, 3.8) is 0 Å². The molecule has 0 heterocycles. The van der Waals surface area contributed by atoms with Crippen molar-refractivity contribution >= 4 is 24.0 Å². The molecule has 0 saturated carbocycles. The second kappa shape index (κ2) is 6.71. The van der Waals surface area contributed by atoms with Crippen molar-refractivity contribution in [2.75, 3.05) is 5.32 Å². The number of anilines is 1. The predicted octanol–water partition coefficient (Wildman–Crippen LogP) is 3.01. The lowest BCUT2D eigenvalue weighted by molar-refractivity contribution is -0.120. The SMILES string of the molecule is CCCC(C)(N)C(=O)Nc1cc(C)cc(F)c1.Cl. The first kappa shape index (κ1) is 16.9. The molecule has 5 heteroatoms. The summed E-state index contributed by atoms with van der Waals surface area (Å²) < 4.78 is 13.1. The number of nitrogens with two attached hydrogens (primary N) is 1. The molecule has 18 heavy (non-hydrogen) atoms. The van der Waals surface area contributed by atoms with Crippen molar-refractivity contribution in [1.82, 2.24) is 0 Å². The molecule has 1 aromatic rings. The van der Waals surface area contributed by atoms with Crippen LogP contribution < -0.4 is 11.1 Å². The highest BCUT2D eigenvalue weighted by atomic mass is 35.5.